The van der Waals surface area contributed by atoms with Crippen LogP contribution in [0.2, 0.25) is 0 Å². The van der Waals surface area contributed by atoms with Crippen LogP contribution in [0.5, 0.6) is 0 Å². The van der Waals surface area contributed by atoms with E-state index < -0.39 is 12.1 Å². The number of esters is 1. The number of ether oxygens (including phenoxy) is 1. The maximum absolute atomic E-state index is 12.4. The van der Waals surface area contributed by atoms with Gasteiger partial charge in [-0.1, -0.05) is 244 Å². The molecule has 0 aliphatic heterocycles. The summed E-state index contributed by atoms with van der Waals surface area (Å²) in [5, 5.41) is 22.9. The van der Waals surface area contributed by atoms with E-state index >= 15 is 0 Å². The average molecular weight is 860 g/mol. The van der Waals surface area contributed by atoms with Crippen LogP contribution in [0.1, 0.15) is 290 Å². The highest BCUT2D eigenvalue weighted by atomic mass is 16.5. The average Bonchev–Trinajstić information content (AvgIpc) is 3.26. The lowest BCUT2D eigenvalue weighted by Crippen LogP contribution is -2.45. The topological polar surface area (TPSA) is 95.9 Å². The molecule has 0 spiro atoms. The lowest BCUT2D eigenvalue weighted by Gasteiger charge is -2.20. The first-order chi connectivity index (χ1) is 30.0. The maximum Gasteiger partial charge on any atom is 0.305 e. The summed E-state index contributed by atoms with van der Waals surface area (Å²) in [6.07, 6.45) is 60.5. The summed E-state index contributed by atoms with van der Waals surface area (Å²) in [5.74, 6) is -0.0810. The van der Waals surface area contributed by atoms with Gasteiger partial charge in [-0.15, -0.1) is 0 Å². The molecule has 1 amide bonds. The second-order valence-electron chi connectivity index (χ2n) is 18.6. The lowest BCUT2D eigenvalue weighted by atomic mass is 10.0. The van der Waals surface area contributed by atoms with Gasteiger partial charge in [-0.3, -0.25) is 9.59 Å². The van der Waals surface area contributed by atoms with Gasteiger partial charge in [0.25, 0.3) is 0 Å². The van der Waals surface area contributed by atoms with Gasteiger partial charge in [-0.25, -0.2) is 0 Å². The van der Waals surface area contributed by atoms with Crippen molar-refractivity contribution in [2.24, 2.45) is 0 Å². The Kier molecular flexibility index (Phi) is 49.6. The zero-order valence-corrected chi connectivity index (χ0v) is 40.9. The standard InChI is InChI=1S/C55H105NO5/c1-3-5-7-9-11-13-15-16-17-19-23-26-29-33-37-41-45-49-55(60)61-50-46-42-38-34-30-27-24-21-18-20-22-25-28-32-36-40-44-48-54(59)56-52(51-57)53(58)47-43-39-35-31-14-12-10-8-6-4-2/h18,21,43,47,52-53,57-58H,3-17,19-20,22-42,44-46,48-51H2,1-2H3,(H,56,59)/b21-18-,47-43+. The van der Waals surface area contributed by atoms with E-state index in [4.69, 9.17) is 4.74 Å². The van der Waals surface area contributed by atoms with Gasteiger partial charge >= 0.3 is 5.97 Å². The van der Waals surface area contributed by atoms with Gasteiger partial charge in [0.2, 0.25) is 5.91 Å². The minimum Gasteiger partial charge on any atom is -0.466 e. The normalized spacial score (nSPS) is 12.8. The van der Waals surface area contributed by atoms with Crippen molar-refractivity contribution in [3.8, 4) is 0 Å². The van der Waals surface area contributed by atoms with Crippen LogP contribution in [0.15, 0.2) is 24.3 Å². The van der Waals surface area contributed by atoms with Crippen molar-refractivity contribution >= 4 is 11.9 Å². The van der Waals surface area contributed by atoms with Crippen molar-refractivity contribution in [3.63, 3.8) is 0 Å². The highest BCUT2D eigenvalue weighted by Gasteiger charge is 2.18. The molecule has 0 bridgehead atoms. The molecule has 3 N–H and O–H groups in total. The van der Waals surface area contributed by atoms with E-state index in [1.165, 1.54) is 205 Å². The molecule has 0 aromatic heterocycles. The Labute approximate surface area is 380 Å². The number of aliphatic hydroxyl groups is 2. The zero-order chi connectivity index (χ0) is 44.4. The van der Waals surface area contributed by atoms with E-state index in [0.717, 1.165) is 57.8 Å². The van der Waals surface area contributed by atoms with Crippen LogP contribution in [0.4, 0.5) is 0 Å². The summed E-state index contributed by atoms with van der Waals surface area (Å²) in [6.45, 7) is 4.87. The summed E-state index contributed by atoms with van der Waals surface area (Å²) in [7, 11) is 0. The first kappa shape index (κ1) is 59.3. The second kappa shape index (κ2) is 51.0. The molecule has 2 atom stereocenters. The molecule has 2 unspecified atom stereocenters. The Hall–Kier alpha value is -1.66. The number of carbonyl (C=O) groups is 2. The molecule has 61 heavy (non-hydrogen) atoms. The Morgan fingerprint density at radius 3 is 1.16 bits per heavy atom. The molecule has 0 saturated heterocycles. The van der Waals surface area contributed by atoms with Crippen molar-refractivity contribution in [2.75, 3.05) is 13.2 Å². The number of carbonyl (C=O) groups excluding carboxylic acids is 2. The molecule has 0 aliphatic carbocycles. The van der Waals surface area contributed by atoms with Gasteiger partial charge in [0.1, 0.15) is 0 Å². The highest BCUT2D eigenvalue weighted by molar-refractivity contribution is 5.76. The zero-order valence-electron chi connectivity index (χ0n) is 40.9. The number of nitrogens with one attached hydrogen (secondary N) is 1. The van der Waals surface area contributed by atoms with Gasteiger partial charge in [0.05, 0.1) is 25.4 Å². The summed E-state index contributed by atoms with van der Waals surface area (Å²) in [5.41, 5.74) is 0. The van der Waals surface area contributed by atoms with Crippen LogP contribution in [-0.2, 0) is 14.3 Å². The van der Waals surface area contributed by atoms with Crippen LogP contribution in [0.25, 0.3) is 0 Å². The molecule has 0 heterocycles. The van der Waals surface area contributed by atoms with Crippen LogP contribution in [0.3, 0.4) is 0 Å². The Morgan fingerprint density at radius 1 is 0.443 bits per heavy atom. The number of rotatable bonds is 50. The number of hydrogen-bond donors (Lipinski definition) is 3. The highest BCUT2D eigenvalue weighted by Crippen LogP contribution is 2.16. The van der Waals surface area contributed by atoms with Gasteiger partial charge in [-0.2, -0.15) is 0 Å². The summed E-state index contributed by atoms with van der Waals surface area (Å²) >= 11 is 0. The fourth-order valence-corrected chi connectivity index (χ4v) is 8.27. The number of hydrogen-bond acceptors (Lipinski definition) is 5. The predicted octanol–water partition coefficient (Wildman–Crippen LogP) is 16.3. The molecule has 0 aromatic rings. The number of unbranched alkanes of at least 4 members (excludes halogenated alkanes) is 37. The molecular weight excluding hydrogens is 755 g/mol. The van der Waals surface area contributed by atoms with Crippen molar-refractivity contribution in [2.45, 2.75) is 302 Å². The van der Waals surface area contributed by atoms with E-state index in [0.29, 0.717) is 19.4 Å². The largest absolute Gasteiger partial charge is 0.466 e. The van der Waals surface area contributed by atoms with Gasteiger partial charge in [0.15, 0.2) is 0 Å². The molecule has 0 fully saturated rings. The molecule has 6 heteroatoms. The first-order valence-corrected chi connectivity index (χ1v) is 27.1. The number of aliphatic hydroxyl groups excluding tert-OH is 2. The Morgan fingerprint density at radius 2 is 0.770 bits per heavy atom. The second-order valence-corrected chi connectivity index (χ2v) is 18.6. The van der Waals surface area contributed by atoms with Crippen LogP contribution in [0, 0.1) is 0 Å². The molecular formula is C55H105NO5. The summed E-state index contributed by atoms with van der Waals surface area (Å²) < 4.78 is 5.48. The van der Waals surface area contributed by atoms with Crippen LogP contribution in [-0.4, -0.2) is 47.4 Å². The Balaban J connectivity index is 3.43. The predicted molar refractivity (Wildman–Crippen MR) is 264 cm³/mol. The lowest BCUT2D eigenvalue weighted by molar-refractivity contribution is -0.143. The number of amides is 1. The van der Waals surface area contributed by atoms with E-state index in [9.17, 15) is 19.8 Å². The molecule has 360 valence electrons. The van der Waals surface area contributed by atoms with Crippen molar-refractivity contribution in [3.05, 3.63) is 24.3 Å². The number of allylic oxidation sites excluding steroid dienone is 3. The van der Waals surface area contributed by atoms with Crippen molar-refractivity contribution in [1.29, 1.82) is 0 Å². The van der Waals surface area contributed by atoms with Gasteiger partial charge in [0, 0.05) is 12.8 Å². The van der Waals surface area contributed by atoms with Gasteiger partial charge in [-0.05, 0) is 57.8 Å². The maximum atomic E-state index is 12.4. The van der Waals surface area contributed by atoms with E-state index in [-0.39, 0.29) is 18.5 Å². The van der Waals surface area contributed by atoms with E-state index in [2.05, 4.69) is 31.3 Å². The van der Waals surface area contributed by atoms with Crippen LogP contribution >= 0.6 is 0 Å². The molecule has 0 aromatic carbocycles. The molecule has 0 radical (unpaired) electrons. The molecule has 0 saturated carbocycles. The third-order valence-corrected chi connectivity index (χ3v) is 12.5. The van der Waals surface area contributed by atoms with Crippen LogP contribution < -0.4 is 5.32 Å². The fraction of sp³-hybridized carbons (Fsp3) is 0.891. The third kappa shape index (κ3) is 47.7. The first-order valence-electron chi connectivity index (χ1n) is 27.1. The quantitative estimate of drug-likeness (QED) is 0.0322. The monoisotopic (exact) mass is 860 g/mol. The van der Waals surface area contributed by atoms with Crippen molar-refractivity contribution in [1.82, 2.24) is 5.32 Å². The summed E-state index contributed by atoms with van der Waals surface area (Å²) in [4.78, 5) is 24.4. The molecule has 0 rings (SSSR count). The van der Waals surface area contributed by atoms with Crippen molar-refractivity contribution < 1.29 is 24.5 Å². The minimum atomic E-state index is -0.850. The SMILES string of the molecule is CCCCCCCCCC/C=C/C(O)C(CO)NC(=O)CCCCCCCCC/C=C\CCCCCCCCOC(=O)CCCCCCCCCCCCCCCCCCC. The van der Waals surface area contributed by atoms with E-state index in [1.807, 2.05) is 6.08 Å². The molecule has 0 aliphatic rings. The minimum absolute atomic E-state index is 0.000779. The third-order valence-electron chi connectivity index (χ3n) is 12.5. The molecule has 6 nitrogen and oxygen atoms in total. The fourth-order valence-electron chi connectivity index (χ4n) is 8.27. The Bertz CT molecular complexity index is 951. The summed E-state index contributed by atoms with van der Waals surface area (Å²) in [6, 6.07) is -0.634. The smallest absolute Gasteiger partial charge is 0.305 e. The van der Waals surface area contributed by atoms with E-state index in [1.54, 1.807) is 6.08 Å². The van der Waals surface area contributed by atoms with Gasteiger partial charge < -0.3 is 20.3 Å².